The SMILES string of the molecule is COC(=O)[C@@H](N)c1ccc(C(C)C)cc1. The van der Waals surface area contributed by atoms with Crippen LogP contribution in [0.15, 0.2) is 24.3 Å². The summed E-state index contributed by atoms with van der Waals surface area (Å²) in [6.07, 6.45) is 0. The van der Waals surface area contributed by atoms with Gasteiger partial charge < -0.3 is 10.5 Å². The molecule has 0 fully saturated rings. The highest BCUT2D eigenvalue weighted by Gasteiger charge is 2.15. The summed E-state index contributed by atoms with van der Waals surface area (Å²) in [5.74, 6) is 0.0701. The van der Waals surface area contributed by atoms with Gasteiger partial charge in [0.15, 0.2) is 0 Å². The van der Waals surface area contributed by atoms with Gasteiger partial charge >= 0.3 is 5.97 Å². The first-order chi connectivity index (χ1) is 7.06. The monoisotopic (exact) mass is 207 g/mol. The molecule has 0 aliphatic carbocycles. The van der Waals surface area contributed by atoms with Gasteiger partial charge in [0.25, 0.3) is 0 Å². The Morgan fingerprint density at radius 3 is 2.07 bits per heavy atom. The van der Waals surface area contributed by atoms with Crippen LogP contribution in [0.1, 0.15) is 36.9 Å². The molecule has 0 heterocycles. The van der Waals surface area contributed by atoms with E-state index in [0.717, 1.165) is 5.56 Å². The van der Waals surface area contributed by atoms with Gasteiger partial charge in [-0.3, -0.25) is 4.79 Å². The van der Waals surface area contributed by atoms with Crippen molar-refractivity contribution >= 4 is 5.97 Å². The van der Waals surface area contributed by atoms with Gasteiger partial charge in [0.2, 0.25) is 0 Å². The predicted molar refractivity (Wildman–Crippen MR) is 59.5 cm³/mol. The molecule has 0 unspecified atom stereocenters. The number of hydrogen-bond donors (Lipinski definition) is 1. The molecule has 1 rings (SSSR count). The van der Waals surface area contributed by atoms with Gasteiger partial charge in [-0.2, -0.15) is 0 Å². The third-order valence-corrected chi connectivity index (χ3v) is 2.42. The predicted octanol–water partition coefficient (Wildman–Crippen LogP) is 1.98. The smallest absolute Gasteiger partial charge is 0.327 e. The maximum atomic E-state index is 11.2. The largest absolute Gasteiger partial charge is 0.468 e. The normalized spacial score (nSPS) is 12.6. The second kappa shape index (κ2) is 4.94. The number of benzene rings is 1. The van der Waals surface area contributed by atoms with Crippen LogP contribution in [0.4, 0.5) is 0 Å². The quantitative estimate of drug-likeness (QED) is 0.771. The van der Waals surface area contributed by atoms with Gasteiger partial charge in [0, 0.05) is 0 Å². The lowest BCUT2D eigenvalue weighted by Gasteiger charge is -2.11. The summed E-state index contributed by atoms with van der Waals surface area (Å²) in [5, 5.41) is 0. The summed E-state index contributed by atoms with van der Waals surface area (Å²) < 4.78 is 4.58. The number of carbonyl (C=O) groups is 1. The van der Waals surface area contributed by atoms with Gasteiger partial charge in [-0.1, -0.05) is 38.1 Å². The topological polar surface area (TPSA) is 52.3 Å². The van der Waals surface area contributed by atoms with Crippen molar-refractivity contribution in [1.82, 2.24) is 0 Å². The summed E-state index contributed by atoms with van der Waals surface area (Å²) >= 11 is 0. The second-order valence-corrected chi connectivity index (χ2v) is 3.82. The van der Waals surface area contributed by atoms with Crippen LogP contribution in [-0.4, -0.2) is 13.1 Å². The Kier molecular flexibility index (Phi) is 3.86. The third kappa shape index (κ3) is 2.80. The molecule has 1 aromatic carbocycles. The standard InChI is InChI=1S/C12H17NO2/c1-8(2)9-4-6-10(7-5-9)11(13)12(14)15-3/h4-8,11H,13H2,1-3H3/t11-/m0/s1. The number of methoxy groups -OCH3 is 1. The molecule has 0 spiro atoms. The lowest BCUT2D eigenvalue weighted by molar-refractivity contribution is -0.142. The second-order valence-electron chi connectivity index (χ2n) is 3.82. The van der Waals surface area contributed by atoms with Crippen LogP contribution in [0, 0.1) is 0 Å². The zero-order valence-corrected chi connectivity index (χ0v) is 9.36. The molecule has 2 N–H and O–H groups in total. The van der Waals surface area contributed by atoms with Gasteiger partial charge in [0.05, 0.1) is 7.11 Å². The Morgan fingerprint density at radius 1 is 1.20 bits per heavy atom. The van der Waals surface area contributed by atoms with Crippen molar-refractivity contribution in [2.24, 2.45) is 5.73 Å². The van der Waals surface area contributed by atoms with Gasteiger partial charge in [-0.25, -0.2) is 0 Å². The van der Waals surface area contributed by atoms with Crippen molar-refractivity contribution in [2.75, 3.05) is 7.11 Å². The van der Waals surface area contributed by atoms with Crippen molar-refractivity contribution in [3.63, 3.8) is 0 Å². The highest BCUT2D eigenvalue weighted by molar-refractivity contribution is 5.77. The number of nitrogens with two attached hydrogens (primary N) is 1. The molecular weight excluding hydrogens is 190 g/mol. The van der Waals surface area contributed by atoms with E-state index in [1.165, 1.54) is 12.7 Å². The minimum Gasteiger partial charge on any atom is -0.468 e. The zero-order chi connectivity index (χ0) is 11.4. The number of rotatable bonds is 3. The van der Waals surface area contributed by atoms with E-state index < -0.39 is 12.0 Å². The first-order valence-electron chi connectivity index (χ1n) is 4.99. The van der Waals surface area contributed by atoms with Crippen molar-refractivity contribution in [2.45, 2.75) is 25.8 Å². The van der Waals surface area contributed by atoms with Crippen molar-refractivity contribution in [3.8, 4) is 0 Å². The molecule has 0 aromatic heterocycles. The van der Waals surface area contributed by atoms with Crippen LogP contribution in [0.3, 0.4) is 0 Å². The molecule has 0 radical (unpaired) electrons. The highest BCUT2D eigenvalue weighted by atomic mass is 16.5. The lowest BCUT2D eigenvalue weighted by Crippen LogP contribution is -2.22. The fraction of sp³-hybridized carbons (Fsp3) is 0.417. The van der Waals surface area contributed by atoms with Crippen LogP contribution in [-0.2, 0) is 9.53 Å². The molecule has 0 bridgehead atoms. The van der Waals surface area contributed by atoms with Crippen LogP contribution in [0.25, 0.3) is 0 Å². The molecule has 0 aliphatic heterocycles. The minimum absolute atomic E-state index is 0.410. The molecule has 0 saturated carbocycles. The van der Waals surface area contributed by atoms with Crippen molar-refractivity contribution in [1.29, 1.82) is 0 Å². The van der Waals surface area contributed by atoms with E-state index in [1.54, 1.807) is 0 Å². The van der Waals surface area contributed by atoms with Crippen LogP contribution in [0.5, 0.6) is 0 Å². The Labute approximate surface area is 90.2 Å². The van der Waals surface area contributed by atoms with Crippen LogP contribution in [0.2, 0.25) is 0 Å². The fourth-order valence-corrected chi connectivity index (χ4v) is 1.35. The average Bonchev–Trinajstić information content (AvgIpc) is 2.27. The number of ether oxygens (including phenoxy) is 1. The number of hydrogen-bond acceptors (Lipinski definition) is 3. The number of esters is 1. The van der Waals surface area contributed by atoms with Gasteiger partial charge in [0.1, 0.15) is 6.04 Å². The zero-order valence-electron chi connectivity index (χ0n) is 9.36. The molecule has 1 aromatic rings. The maximum Gasteiger partial charge on any atom is 0.327 e. The fourth-order valence-electron chi connectivity index (χ4n) is 1.35. The van der Waals surface area contributed by atoms with E-state index in [-0.39, 0.29) is 0 Å². The van der Waals surface area contributed by atoms with Gasteiger partial charge in [-0.05, 0) is 17.0 Å². The van der Waals surface area contributed by atoms with Crippen LogP contribution >= 0.6 is 0 Å². The van der Waals surface area contributed by atoms with Gasteiger partial charge in [-0.15, -0.1) is 0 Å². The van der Waals surface area contributed by atoms with Crippen LogP contribution < -0.4 is 5.73 Å². The van der Waals surface area contributed by atoms with E-state index in [0.29, 0.717) is 5.92 Å². The maximum absolute atomic E-state index is 11.2. The highest BCUT2D eigenvalue weighted by Crippen LogP contribution is 2.18. The average molecular weight is 207 g/mol. The van der Waals surface area contributed by atoms with E-state index in [2.05, 4.69) is 18.6 Å². The summed E-state index contributed by atoms with van der Waals surface area (Å²) in [4.78, 5) is 11.2. The summed E-state index contributed by atoms with van der Waals surface area (Å²) in [5.41, 5.74) is 7.72. The van der Waals surface area contributed by atoms with E-state index in [1.807, 2.05) is 24.3 Å². The first kappa shape index (κ1) is 11.7. The van der Waals surface area contributed by atoms with Crippen molar-refractivity contribution < 1.29 is 9.53 Å². The molecule has 82 valence electrons. The molecule has 0 aliphatic rings. The Morgan fingerprint density at radius 2 is 1.67 bits per heavy atom. The van der Waals surface area contributed by atoms with E-state index >= 15 is 0 Å². The molecule has 3 heteroatoms. The Hall–Kier alpha value is -1.35. The minimum atomic E-state index is -0.684. The molecule has 15 heavy (non-hydrogen) atoms. The molecule has 1 atom stereocenters. The molecule has 0 saturated heterocycles. The Bertz CT molecular complexity index is 330. The summed E-state index contributed by atoms with van der Waals surface area (Å²) in [6.45, 7) is 4.24. The Balaban J connectivity index is 2.84. The summed E-state index contributed by atoms with van der Waals surface area (Å²) in [7, 11) is 1.34. The molecule has 3 nitrogen and oxygen atoms in total. The van der Waals surface area contributed by atoms with E-state index in [4.69, 9.17) is 5.73 Å². The third-order valence-electron chi connectivity index (χ3n) is 2.42. The van der Waals surface area contributed by atoms with Crippen molar-refractivity contribution in [3.05, 3.63) is 35.4 Å². The molecule has 0 amide bonds. The summed E-state index contributed by atoms with van der Waals surface area (Å²) in [6, 6.07) is 7.04. The molecular formula is C12H17NO2. The lowest BCUT2D eigenvalue weighted by atomic mass is 9.99. The first-order valence-corrected chi connectivity index (χ1v) is 4.99. The number of carbonyl (C=O) groups excluding carboxylic acids is 1. The van der Waals surface area contributed by atoms with E-state index in [9.17, 15) is 4.79 Å².